The molecule has 1 saturated heterocycles. The molecule has 122 valence electrons. The third-order valence-corrected chi connectivity index (χ3v) is 4.10. The number of carbonyl (C=O) groups excluding carboxylic acids is 1. The number of likely N-dealkylation sites (tertiary alicyclic amines) is 1. The van der Waals surface area contributed by atoms with Gasteiger partial charge < -0.3 is 14.8 Å². The lowest BCUT2D eigenvalue weighted by Gasteiger charge is -2.32. The number of nitrogens with one attached hydrogen (secondary N) is 1. The van der Waals surface area contributed by atoms with Crippen LogP contribution in [0.2, 0.25) is 0 Å². The number of rotatable bonds is 6. The minimum atomic E-state index is 0.0528. The highest BCUT2D eigenvalue weighted by Crippen LogP contribution is 2.28. The summed E-state index contributed by atoms with van der Waals surface area (Å²) in [5.41, 5.74) is 1.22. The van der Waals surface area contributed by atoms with Crippen molar-refractivity contribution in [3.63, 3.8) is 0 Å². The Bertz CT molecular complexity index is 505. The largest absolute Gasteiger partial charge is 0.493 e. The van der Waals surface area contributed by atoms with E-state index in [1.807, 2.05) is 12.1 Å². The van der Waals surface area contributed by atoms with Crippen LogP contribution in [-0.4, -0.2) is 44.7 Å². The molecule has 1 aromatic rings. The Morgan fingerprint density at radius 2 is 2.09 bits per heavy atom. The summed E-state index contributed by atoms with van der Waals surface area (Å²) in [4.78, 5) is 13.5. The van der Waals surface area contributed by atoms with Crippen LogP contribution < -0.4 is 14.8 Å². The molecule has 1 aliphatic rings. The molecule has 2 rings (SSSR count). The van der Waals surface area contributed by atoms with Gasteiger partial charge in [-0.25, -0.2) is 0 Å². The number of methoxy groups -OCH3 is 2. The molecular weight excluding hydrogens is 280 g/mol. The molecule has 1 unspecified atom stereocenters. The molecule has 5 nitrogen and oxygen atoms in total. The number of benzene rings is 1. The summed E-state index contributed by atoms with van der Waals surface area (Å²) >= 11 is 0. The molecule has 1 fully saturated rings. The van der Waals surface area contributed by atoms with Crippen molar-refractivity contribution < 1.29 is 14.3 Å². The van der Waals surface area contributed by atoms with E-state index in [-0.39, 0.29) is 5.91 Å². The molecule has 1 N–H and O–H groups in total. The summed E-state index contributed by atoms with van der Waals surface area (Å²) in [6.07, 6.45) is 2.36. The van der Waals surface area contributed by atoms with E-state index < -0.39 is 0 Å². The van der Waals surface area contributed by atoms with Crippen LogP contribution in [0.1, 0.15) is 25.3 Å². The summed E-state index contributed by atoms with van der Waals surface area (Å²) in [7, 11) is 3.31. The van der Waals surface area contributed by atoms with E-state index in [9.17, 15) is 4.79 Å². The zero-order valence-electron chi connectivity index (χ0n) is 13.7. The van der Waals surface area contributed by atoms with Crippen molar-refractivity contribution in [1.82, 2.24) is 10.2 Å². The fraction of sp³-hybridized carbons (Fsp3) is 0.588. The maximum absolute atomic E-state index is 11.0. The minimum absolute atomic E-state index is 0.0528. The highest BCUT2D eigenvalue weighted by atomic mass is 16.5. The predicted molar refractivity (Wildman–Crippen MR) is 86.2 cm³/mol. The first-order chi connectivity index (χ1) is 10.6. The van der Waals surface area contributed by atoms with Crippen LogP contribution in [0.4, 0.5) is 0 Å². The Morgan fingerprint density at radius 3 is 2.77 bits per heavy atom. The van der Waals surface area contributed by atoms with Crippen LogP contribution in [0.3, 0.4) is 0 Å². The van der Waals surface area contributed by atoms with Gasteiger partial charge in [-0.1, -0.05) is 6.07 Å². The Kier molecular flexibility index (Phi) is 6.07. The first-order valence-electron chi connectivity index (χ1n) is 7.80. The van der Waals surface area contributed by atoms with Crippen molar-refractivity contribution in [3.05, 3.63) is 23.8 Å². The van der Waals surface area contributed by atoms with Gasteiger partial charge in [0.15, 0.2) is 11.5 Å². The number of hydrogen-bond donors (Lipinski definition) is 1. The van der Waals surface area contributed by atoms with Crippen LogP contribution in [0.5, 0.6) is 11.5 Å². The number of piperidine rings is 1. The smallest absolute Gasteiger partial charge is 0.216 e. The lowest BCUT2D eigenvalue weighted by Crippen LogP contribution is -2.40. The number of carbonyl (C=O) groups is 1. The fourth-order valence-electron chi connectivity index (χ4n) is 2.99. The maximum atomic E-state index is 11.0. The molecule has 0 bridgehead atoms. The van der Waals surface area contributed by atoms with Gasteiger partial charge >= 0.3 is 0 Å². The molecule has 5 heteroatoms. The predicted octanol–water partition coefficient (Wildman–Crippen LogP) is 2.05. The number of nitrogens with zero attached hydrogens (tertiary/aromatic N) is 1. The molecule has 0 aromatic heterocycles. The van der Waals surface area contributed by atoms with Crippen molar-refractivity contribution in [1.29, 1.82) is 0 Å². The van der Waals surface area contributed by atoms with Gasteiger partial charge in [-0.2, -0.15) is 0 Å². The van der Waals surface area contributed by atoms with Crippen LogP contribution in [-0.2, 0) is 11.3 Å². The first-order valence-corrected chi connectivity index (χ1v) is 7.80. The van der Waals surface area contributed by atoms with Gasteiger partial charge in [-0.05, 0) is 43.0 Å². The van der Waals surface area contributed by atoms with E-state index in [0.29, 0.717) is 5.92 Å². The van der Waals surface area contributed by atoms with E-state index in [0.717, 1.165) is 37.7 Å². The fourth-order valence-corrected chi connectivity index (χ4v) is 2.99. The second-order valence-corrected chi connectivity index (χ2v) is 5.87. The van der Waals surface area contributed by atoms with Crippen LogP contribution >= 0.6 is 0 Å². The first kappa shape index (κ1) is 16.6. The van der Waals surface area contributed by atoms with Crippen molar-refractivity contribution in [2.24, 2.45) is 5.92 Å². The number of hydrogen-bond acceptors (Lipinski definition) is 4. The number of ether oxygens (including phenoxy) is 2. The number of amides is 1. The molecule has 0 radical (unpaired) electrons. The lowest BCUT2D eigenvalue weighted by molar-refractivity contribution is -0.119. The average molecular weight is 306 g/mol. The van der Waals surface area contributed by atoms with Gasteiger partial charge in [0, 0.05) is 26.6 Å². The molecular formula is C17H26N2O3. The standard InChI is InChI=1S/C17H26N2O3/c1-13(20)18-10-15-5-4-8-19(12-15)11-14-6-7-16(21-2)17(9-14)22-3/h6-7,9,15H,4-5,8,10-12H2,1-3H3,(H,18,20). The summed E-state index contributed by atoms with van der Waals surface area (Å²) in [5.74, 6) is 2.12. The van der Waals surface area contributed by atoms with E-state index in [4.69, 9.17) is 9.47 Å². The molecule has 0 aliphatic carbocycles. The monoisotopic (exact) mass is 306 g/mol. The van der Waals surface area contributed by atoms with Gasteiger partial charge in [0.2, 0.25) is 5.91 Å². The molecule has 1 aliphatic heterocycles. The topological polar surface area (TPSA) is 50.8 Å². The molecule has 0 saturated carbocycles. The van der Waals surface area contributed by atoms with Gasteiger partial charge in [0.1, 0.15) is 0 Å². The SMILES string of the molecule is COc1ccc(CN2CCCC(CNC(C)=O)C2)cc1OC. The summed E-state index contributed by atoms with van der Waals surface area (Å²) in [6, 6.07) is 6.07. The van der Waals surface area contributed by atoms with Gasteiger partial charge in [0.05, 0.1) is 14.2 Å². The highest BCUT2D eigenvalue weighted by Gasteiger charge is 2.20. The Morgan fingerprint density at radius 1 is 1.32 bits per heavy atom. The molecule has 1 amide bonds. The van der Waals surface area contributed by atoms with E-state index in [1.54, 1.807) is 21.1 Å². The van der Waals surface area contributed by atoms with Gasteiger partial charge in [-0.3, -0.25) is 9.69 Å². The summed E-state index contributed by atoms with van der Waals surface area (Å²) in [6.45, 7) is 5.37. The molecule has 0 spiro atoms. The third kappa shape index (κ3) is 4.63. The molecule has 1 heterocycles. The zero-order chi connectivity index (χ0) is 15.9. The Hall–Kier alpha value is -1.75. The second kappa shape index (κ2) is 8.03. The molecule has 22 heavy (non-hydrogen) atoms. The summed E-state index contributed by atoms with van der Waals surface area (Å²) < 4.78 is 10.6. The Labute approximate surface area is 132 Å². The lowest BCUT2D eigenvalue weighted by atomic mass is 9.97. The second-order valence-electron chi connectivity index (χ2n) is 5.87. The zero-order valence-corrected chi connectivity index (χ0v) is 13.7. The summed E-state index contributed by atoms with van der Waals surface area (Å²) in [5, 5.41) is 2.93. The van der Waals surface area contributed by atoms with Crippen LogP contribution in [0.25, 0.3) is 0 Å². The van der Waals surface area contributed by atoms with Crippen molar-refractivity contribution in [3.8, 4) is 11.5 Å². The van der Waals surface area contributed by atoms with Crippen LogP contribution in [0, 0.1) is 5.92 Å². The average Bonchev–Trinajstić information content (AvgIpc) is 2.53. The van der Waals surface area contributed by atoms with Gasteiger partial charge in [-0.15, -0.1) is 0 Å². The Balaban J connectivity index is 1.93. The molecule has 1 atom stereocenters. The molecule has 1 aromatic carbocycles. The van der Waals surface area contributed by atoms with E-state index in [1.165, 1.54) is 18.4 Å². The third-order valence-electron chi connectivity index (χ3n) is 4.10. The van der Waals surface area contributed by atoms with Gasteiger partial charge in [0.25, 0.3) is 0 Å². The normalized spacial score (nSPS) is 18.8. The van der Waals surface area contributed by atoms with Crippen molar-refractivity contribution in [2.45, 2.75) is 26.3 Å². The quantitative estimate of drug-likeness (QED) is 0.874. The van der Waals surface area contributed by atoms with Crippen molar-refractivity contribution >= 4 is 5.91 Å². The maximum Gasteiger partial charge on any atom is 0.216 e. The van der Waals surface area contributed by atoms with E-state index in [2.05, 4.69) is 16.3 Å². The van der Waals surface area contributed by atoms with Crippen molar-refractivity contribution in [2.75, 3.05) is 33.9 Å². The minimum Gasteiger partial charge on any atom is -0.493 e. The van der Waals surface area contributed by atoms with E-state index >= 15 is 0 Å². The van der Waals surface area contributed by atoms with Crippen LogP contribution in [0.15, 0.2) is 18.2 Å². The highest BCUT2D eigenvalue weighted by molar-refractivity contribution is 5.72.